The second-order valence-electron chi connectivity index (χ2n) is 10.5. The van der Waals surface area contributed by atoms with E-state index in [0.717, 1.165) is 89.9 Å². The molecule has 2 N–H and O–H groups in total. The number of carbonyl (C=O) groups is 4. The number of carboxylic acids is 2. The summed E-state index contributed by atoms with van der Waals surface area (Å²) < 4.78 is 10.4. The predicted octanol–water partition coefficient (Wildman–Crippen LogP) is 7.84. The Labute approximate surface area is 260 Å². The lowest BCUT2D eigenvalue weighted by atomic mass is 10.1. The molecule has 8 heteroatoms. The summed E-state index contributed by atoms with van der Waals surface area (Å²) in [6, 6.07) is 11.9. The maximum absolute atomic E-state index is 11.9. The molecule has 8 nitrogen and oxygen atoms in total. The molecule has 44 heavy (non-hydrogen) atoms. The summed E-state index contributed by atoms with van der Waals surface area (Å²) in [7, 11) is 0. The van der Waals surface area contributed by atoms with E-state index < -0.39 is 11.9 Å². The van der Waals surface area contributed by atoms with Crippen LogP contribution >= 0.6 is 0 Å². The predicted molar refractivity (Wildman–Crippen MR) is 167 cm³/mol. The summed E-state index contributed by atoms with van der Waals surface area (Å²) in [5.74, 6) is 9.78. The fourth-order valence-electron chi connectivity index (χ4n) is 4.34. The Morgan fingerprint density at radius 1 is 0.523 bits per heavy atom. The number of rotatable bonds is 20. The third-order valence-corrected chi connectivity index (χ3v) is 6.73. The van der Waals surface area contributed by atoms with Crippen molar-refractivity contribution in [3.63, 3.8) is 0 Å². The largest absolute Gasteiger partial charge is 0.478 e. The molecule has 0 amide bonds. The minimum atomic E-state index is -1.06. The lowest BCUT2D eigenvalue weighted by Gasteiger charge is -2.05. The molecule has 0 aliphatic carbocycles. The van der Waals surface area contributed by atoms with Crippen LogP contribution in [-0.2, 0) is 9.59 Å². The van der Waals surface area contributed by atoms with Crippen molar-refractivity contribution < 1.29 is 38.9 Å². The van der Waals surface area contributed by atoms with Gasteiger partial charge in [0.2, 0.25) is 0 Å². The molecule has 0 aromatic heterocycles. The summed E-state index contributed by atoms with van der Waals surface area (Å²) in [5, 5.41) is 18.0. The fraction of sp³-hybridized carbons (Fsp3) is 0.444. The number of unbranched alkanes of at least 4 members (excludes halogenated alkanes) is 12. The highest BCUT2D eigenvalue weighted by molar-refractivity contribution is 5.88. The van der Waals surface area contributed by atoms with Crippen LogP contribution in [0.1, 0.15) is 123 Å². The van der Waals surface area contributed by atoms with E-state index in [1.165, 1.54) is 24.3 Å². The summed E-state index contributed by atoms with van der Waals surface area (Å²) >= 11 is 0. The molecule has 0 atom stereocenters. The van der Waals surface area contributed by atoms with Crippen LogP contribution < -0.4 is 9.47 Å². The smallest absolute Gasteiger partial charge is 0.335 e. The number of carbonyl (C=O) groups excluding carboxylic acids is 2. The second kappa shape index (κ2) is 22.0. The van der Waals surface area contributed by atoms with Gasteiger partial charge in [0.05, 0.1) is 11.1 Å². The van der Waals surface area contributed by atoms with Gasteiger partial charge in [-0.2, -0.15) is 0 Å². The first-order valence-corrected chi connectivity index (χ1v) is 15.4. The Hall–Kier alpha value is -4.56. The molecule has 2 aromatic rings. The van der Waals surface area contributed by atoms with Crippen molar-refractivity contribution in [3.8, 4) is 35.2 Å². The Kier molecular flexibility index (Phi) is 17.9. The zero-order valence-electron chi connectivity index (χ0n) is 25.3. The topological polar surface area (TPSA) is 127 Å². The van der Waals surface area contributed by atoms with Crippen LogP contribution in [-0.4, -0.2) is 34.1 Å². The molecule has 0 aliphatic rings. The van der Waals surface area contributed by atoms with E-state index in [0.29, 0.717) is 12.8 Å². The van der Waals surface area contributed by atoms with E-state index in [-0.39, 0.29) is 34.6 Å². The molecule has 2 rings (SSSR count). The Morgan fingerprint density at radius 2 is 0.886 bits per heavy atom. The minimum absolute atomic E-state index is 0.0913. The highest BCUT2D eigenvalue weighted by Gasteiger charge is 2.09. The molecule has 0 saturated carbocycles. The van der Waals surface area contributed by atoms with E-state index in [1.54, 1.807) is 24.3 Å². The third-order valence-electron chi connectivity index (χ3n) is 6.73. The minimum Gasteiger partial charge on any atom is -0.478 e. The molecule has 0 bridgehead atoms. The molecule has 0 unspecified atom stereocenters. The van der Waals surface area contributed by atoms with Crippen molar-refractivity contribution in [2.75, 3.05) is 0 Å². The number of hydrogen-bond donors (Lipinski definition) is 2. The van der Waals surface area contributed by atoms with E-state index in [2.05, 4.69) is 23.7 Å². The van der Waals surface area contributed by atoms with Gasteiger partial charge in [-0.15, -0.1) is 0 Å². The Morgan fingerprint density at radius 3 is 1.27 bits per heavy atom. The molecule has 0 radical (unpaired) electrons. The van der Waals surface area contributed by atoms with Crippen molar-refractivity contribution in [1.29, 1.82) is 0 Å². The number of ether oxygens (including phenoxy) is 2. The first-order chi connectivity index (χ1) is 21.3. The van der Waals surface area contributed by atoms with Crippen LogP contribution in [0.3, 0.4) is 0 Å². The average molecular weight is 603 g/mol. The van der Waals surface area contributed by atoms with Gasteiger partial charge >= 0.3 is 23.9 Å². The molecular weight excluding hydrogens is 560 g/mol. The van der Waals surface area contributed by atoms with Gasteiger partial charge in [0.25, 0.3) is 0 Å². The summed E-state index contributed by atoms with van der Waals surface area (Å²) in [6.07, 6.45) is 14.2. The van der Waals surface area contributed by atoms with E-state index in [1.807, 2.05) is 0 Å². The van der Waals surface area contributed by atoms with E-state index >= 15 is 0 Å². The highest BCUT2D eigenvalue weighted by Crippen LogP contribution is 2.17. The van der Waals surface area contributed by atoms with Gasteiger partial charge in [0, 0.05) is 25.7 Å². The van der Waals surface area contributed by atoms with Gasteiger partial charge in [0.15, 0.2) is 0 Å². The summed E-state index contributed by atoms with van der Waals surface area (Å²) in [6.45, 7) is 0. The number of esters is 2. The highest BCUT2D eigenvalue weighted by atomic mass is 16.5. The van der Waals surface area contributed by atoms with E-state index in [4.69, 9.17) is 19.7 Å². The van der Waals surface area contributed by atoms with Gasteiger partial charge < -0.3 is 19.7 Å². The lowest BCUT2D eigenvalue weighted by Crippen LogP contribution is -2.08. The second-order valence-corrected chi connectivity index (χ2v) is 10.5. The summed E-state index contributed by atoms with van der Waals surface area (Å²) in [4.78, 5) is 45.9. The van der Waals surface area contributed by atoms with Crippen molar-refractivity contribution in [1.82, 2.24) is 0 Å². The van der Waals surface area contributed by atoms with Crippen molar-refractivity contribution in [2.45, 2.75) is 103 Å². The van der Waals surface area contributed by atoms with Gasteiger partial charge in [-0.05, 0) is 73.9 Å². The first kappa shape index (κ1) is 35.6. The average Bonchev–Trinajstić information content (AvgIpc) is 3.00. The molecule has 234 valence electrons. The monoisotopic (exact) mass is 602 g/mol. The van der Waals surface area contributed by atoms with Gasteiger partial charge in [-0.1, -0.05) is 75.3 Å². The van der Waals surface area contributed by atoms with Gasteiger partial charge in [-0.3, -0.25) is 9.59 Å². The lowest BCUT2D eigenvalue weighted by molar-refractivity contribution is -0.135. The zero-order valence-corrected chi connectivity index (χ0v) is 25.3. The van der Waals surface area contributed by atoms with Crippen LogP contribution in [0.15, 0.2) is 48.5 Å². The maximum Gasteiger partial charge on any atom is 0.335 e. The number of benzene rings is 2. The zero-order chi connectivity index (χ0) is 31.8. The standard InChI is InChI=1S/C36H42O8/c37-33(43-31-23-19-21-29(27-31)35(39)40)25-17-15-13-11-9-7-5-3-1-2-4-6-8-10-12-14-16-18-26-34(38)44-32-24-20-22-30(28-32)36(41)42/h19-24,27-28H,5-18,25-26H2,(H,39,40)(H,41,42). The van der Waals surface area contributed by atoms with Gasteiger partial charge in [-0.25, -0.2) is 9.59 Å². The normalized spacial score (nSPS) is 10.1. The third kappa shape index (κ3) is 16.8. The number of hydrogen-bond acceptors (Lipinski definition) is 6. The number of carboxylic acid groups (broad SMARTS) is 2. The molecular formula is C36H42O8. The van der Waals surface area contributed by atoms with Gasteiger partial charge in [0.1, 0.15) is 11.5 Å². The SMILES string of the molecule is O=C(CCCCCCCCC#CC#CCCCCCCCCC(=O)Oc1cccc(C(=O)O)c1)Oc1cccc(C(=O)O)c1. The number of aromatic carboxylic acids is 2. The quantitative estimate of drug-likeness (QED) is 0.0679. The van der Waals surface area contributed by atoms with Crippen LogP contribution in [0.4, 0.5) is 0 Å². The first-order valence-electron chi connectivity index (χ1n) is 15.4. The molecule has 0 fully saturated rings. The van der Waals surface area contributed by atoms with Crippen molar-refractivity contribution in [2.24, 2.45) is 0 Å². The van der Waals surface area contributed by atoms with Crippen LogP contribution in [0, 0.1) is 23.7 Å². The molecule has 0 saturated heterocycles. The molecule has 0 spiro atoms. The van der Waals surface area contributed by atoms with E-state index in [9.17, 15) is 19.2 Å². The maximum atomic E-state index is 11.9. The van der Waals surface area contributed by atoms with Crippen molar-refractivity contribution in [3.05, 3.63) is 59.7 Å². The van der Waals surface area contributed by atoms with Crippen LogP contribution in [0.5, 0.6) is 11.5 Å². The molecule has 2 aromatic carbocycles. The van der Waals surface area contributed by atoms with Crippen molar-refractivity contribution >= 4 is 23.9 Å². The molecule has 0 aliphatic heterocycles. The van der Waals surface area contributed by atoms with Crippen LogP contribution in [0.2, 0.25) is 0 Å². The Balaban J connectivity index is 1.36. The van der Waals surface area contributed by atoms with Crippen LogP contribution in [0.25, 0.3) is 0 Å². The fourth-order valence-corrected chi connectivity index (χ4v) is 4.34. The Bertz CT molecular complexity index is 1240. The summed E-state index contributed by atoms with van der Waals surface area (Å²) in [5.41, 5.74) is 0.183. The molecule has 0 heterocycles.